The van der Waals surface area contributed by atoms with Crippen molar-refractivity contribution in [2.24, 2.45) is 0 Å². The third-order valence-corrected chi connectivity index (χ3v) is 3.08. The lowest BCUT2D eigenvalue weighted by molar-refractivity contribution is 0.855. The Hall–Kier alpha value is -0.300. The van der Waals surface area contributed by atoms with E-state index in [1.807, 2.05) is 0 Å². The fraction of sp³-hybridized carbons (Fsp3) is 0.455. The Morgan fingerprint density at radius 2 is 2.00 bits per heavy atom. The molecule has 0 unspecified atom stereocenters. The van der Waals surface area contributed by atoms with E-state index in [2.05, 4.69) is 54.9 Å². The van der Waals surface area contributed by atoms with Gasteiger partial charge in [-0.3, -0.25) is 0 Å². The second-order valence-electron chi connectivity index (χ2n) is 3.33. The van der Waals surface area contributed by atoms with Crippen molar-refractivity contribution in [1.29, 1.82) is 0 Å². The zero-order valence-corrected chi connectivity index (χ0v) is 9.48. The molecule has 1 aromatic carbocycles. The molecule has 0 saturated carbocycles. The molecule has 1 heteroatoms. The Balaban J connectivity index is 3.14. The Kier molecular flexibility index (Phi) is 3.33. The summed E-state index contributed by atoms with van der Waals surface area (Å²) in [4.78, 5) is 0. The molecule has 1 rings (SSSR count). The van der Waals surface area contributed by atoms with E-state index < -0.39 is 0 Å². The van der Waals surface area contributed by atoms with E-state index in [1.54, 1.807) is 0 Å². The second-order valence-corrected chi connectivity index (χ2v) is 4.12. The van der Waals surface area contributed by atoms with E-state index in [4.69, 9.17) is 0 Å². The minimum atomic E-state index is 0.603. The minimum absolute atomic E-state index is 0.603. The first-order valence-corrected chi connectivity index (χ1v) is 5.23. The monoisotopic (exact) mass is 226 g/mol. The van der Waals surface area contributed by atoms with Crippen LogP contribution in [0.25, 0.3) is 0 Å². The highest BCUT2D eigenvalue weighted by atomic mass is 79.9. The predicted molar refractivity (Wildman–Crippen MR) is 57.6 cm³/mol. The summed E-state index contributed by atoms with van der Waals surface area (Å²) in [5, 5.41) is 0. The fourth-order valence-corrected chi connectivity index (χ4v) is 2.32. The lowest BCUT2D eigenvalue weighted by Crippen LogP contribution is -1.92. The summed E-state index contributed by atoms with van der Waals surface area (Å²) in [7, 11) is 0. The van der Waals surface area contributed by atoms with Crippen molar-refractivity contribution < 1.29 is 0 Å². The van der Waals surface area contributed by atoms with Gasteiger partial charge in [-0.2, -0.15) is 0 Å². The van der Waals surface area contributed by atoms with Crippen LogP contribution < -0.4 is 0 Å². The zero-order chi connectivity index (χ0) is 9.14. The van der Waals surface area contributed by atoms with E-state index in [-0.39, 0.29) is 0 Å². The van der Waals surface area contributed by atoms with Crippen LogP contribution in [-0.4, -0.2) is 0 Å². The van der Waals surface area contributed by atoms with Gasteiger partial charge in [0.1, 0.15) is 0 Å². The highest BCUT2D eigenvalue weighted by Gasteiger charge is 2.06. The first-order chi connectivity index (χ1) is 5.66. The van der Waals surface area contributed by atoms with Gasteiger partial charge in [-0.25, -0.2) is 0 Å². The van der Waals surface area contributed by atoms with Gasteiger partial charge in [-0.1, -0.05) is 54.9 Å². The van der Waals surface area contributed by atoms with Crippen molar-refractivity contribution in [2.75, 3.05) is 0 Å². The molecule has 0 heterocycles. The number of benzene rings is 1. The molecule has 0 N–H and O–H groups in total. The van der Waals surface area contributed by atoms with Crippen molar-refractivity contribution in [3.8, 4) is 0 Å². The van der Waals surface area contributed by atoms with Crippen LogP contribution in [0.4, 0.5) is 0 Å². The molecule has 0 aliphatic carbocycles. The molecule has 0 amide bonds. The Bertz CT molecular complexity index is 264. The van der Waals surface area contributed by atoms with Gasteiger partial charge in [-0.05, 0) is 23.5 Å². The van der Waals surface area contributed by atoms with Gasteiger partial charge in [0.2, 0.25) is 0 Å². The number of rotatable bonds is 2. The quantitative estimate of drug-likeness (QED) is 0.712. The van der Waals surface area contributed by atoms with E-state index in [1.165, 1.54) is 15.6 Å². The van der Waals surface area contributed by atoms with Gasteiger partial charge in [0.05, 0.1) is 0 Å². The van der Waals surface area contributed by atoms with Crippen LogP contribution in [-0.2, 0) is 6.42 Å². The smallest absolute Gasteiger partial charge is 0.0241 e. The van der Waals surface area contributed by atoms with Crippen LogP contribution in [0.2, 0.25) is 0 Å². The average molecular weight is 227 g/mol. The topological polar surface area (TPSA) is 0 Å². The van der Waals surface area contributed by atoms with Gasteiger partial charge in [0.15, 0.2) is 0 Å². The third-order valence-electron chi connectivity index (χ3n) is 2.11. The van der Waals surface area contributed by atoms with E-state index in [0.29, 0.717) is 5.92 Å². The van der Waals surface area contributed by atoms with E-state index >= 15 is 0 Å². The van der Waals surface area contributed by atoms with Gasteiger partial charge in [0, 0.05) is 4.47 Å². The molecule has 1 aromatic rings. The molecule has 12 heavy (non-hydrogen) atoms. The number of hydrogen-bond acceptors (Lipinski definition) is 0. The summed E-state index contributed by atoms with van der Waals surface area (Å²) in [6.45, 7) is 6.63. The summed E-state index contributed by atoms with van der Waals surface area (Å²) in [6.07, 6.45) is 1.10. The largest absolute Gasteiger partial charge is 0.0616 e. The molecule has 0 aliphatic heterocycles. The maximum atomic E-state index is 3.64. The van der Waals surface area contributed by atoms with Crippen LogP contribution in [0.3, 0.4) is 0 Å². The first-order valence-electron chi connectivity index (χ1n) is 4.44. The van der Waals surface area contributed by atoms with Crippen molar-refractivity contribution in [1.82, 2.24) is 0 Å². The fourth-order valence-electron chi connectivity index (χ4n) is 1.32. The third kappa shape index (κ3) is 1.89. The van der Waals surface area contributed by atoms with E-state index in [0.717, 1.165) is 6.42 Å². The average Bonchev–Trinajstić information content (AvgIpc) is 2.04. The van der Waals surface area contributed by atoms with Crippen LogP contribution in [0.5, 0.6) is 0 Å². The molecule has 0 aliphatic rings. The van der Waals surface area contributed by atoms with Gasteiger partial charge in [-0.15, -0.1) is 0 Å². The van der Waals surface area contributed by atoms with Crippen molar-refractivity contribution in [2.45, 2.75) is 33.1 Å². The number of hydrogen-bond donors (Lipinski definition) is 0. The highest BCUT2D eigenvalue weighted by Crippen LogP contribution is 2.27. The highest BCUT2D eigenvalue weighted by molar-refractivity contribution is 9.10. The molecule has 0 spiro atoms. The molecule has 66 valence electrons. The number of halogens is 1. The second kappa shape index (κ2) is 4.08. The molecular weight excluding hydrogens is 212 g/mol. The zero-order valence-electron chi connectivity index (χ0n) is 7.89. The lowest BCUT2D eigenvalue weighted by Gasteiger charge is -2.10. The van der Waals surface area contributed by atoms with Crippen molar-refractivity contribution in [3.05, 3.63) is 33.8 Å². The first kappa shape index (κ1) is 9.79. The van der Waals surface area contributed by atoms with Gasteiger partial charge < -0.3 is 0 Å². The minimum Gasteiger partial charge on any atom is -0.0616 e. The maximum absolute atomic E-state index is 3.64. The standard InChI is InChI=1S/C11H15Br/c1-4-9-6-5-7-10(8(2)3)11(9)12/h5-8H,4H2,1-3H3. The SMILES string of the molecule is CCc1cccc(C(C)C)c1Br. The normalized spacial score (nSPS) is 10.8. The van der Waals surface area contributed by atoms with Crippen molar-refractivity contribution in [3.63, 3.8) is 0 Å². The predicted octanol–water partition coefficient (Wildman–Crippen LogP) is 4.13. The Morgan fingerprint density at radius 1 is 1.33 bits per heavy atom. The van der Waals surface area contributed by atoms with E-state index in [9.17, 15) is 0 Å². The van der Waals surface area contributed by atoms with Gasteiger partial charge >= 0.3 is 0 Å². The summed E-state index contributed by atoms with van der Waals surface area (Å²) in [5.41, 5.74) is 2.82. The molecule has 0 atom stereocenters. The molecule has 0 bridgehead atoms. The van der Waals surface area contributed by atoms with Crippen molar-refractivity contribution >= 4 is 15.9 Å². The van der Waals surface area contributed by atoms with Gasteiger partial charge in [0.25, 0.3) is 0 Å². The molecular formula is C11H15Br. The summed E-state index contributed by atoms with van der Waals surface area (Å²) < 4.78 is 1.29. The molecule has 0 fully saturated rings. The Morgan fingerprint density at radius 3 is 2.50 bits per heavy atom. The summed E-state index contributed by atoms with van der Waals surface area (Å²) in [6, 6.07) is 6.50. The molecule has 0 radical (unpaired) electrons. The maximum Gasteiger partial charge on any atom is 0.0241 e. The molecule has 0 nitrogen and oxygen atoms in total. The van der Waals surface area contributed by atoms with Crippen LogP contribution in [0, 0.1) is 0 Å². The molecule has 0 aromatic heterocycles. The number of aryl methyl sites for hydroxylation is 1. The summed E-state index contributed by atoms with van der Waals surface area (Å²) in [5.74, 6) is 0.603. The summed E-state index contributed by atoms with van der Waals surface area (Å²) >= 11 is 3.64. The van der Waals surface area contributed by atoms with Crippen LogP contribution in [0.1, 0.15) is 37.8 Å². The molecule has 0 saturated heterocycles. The Labute approximate surface area is 83.1 Å². The van der Waals surface area contributed by atoms with Crippen LogP contribution >= 0.6 is 15.9 Å². The van der Waals surface area contributed by atoms with Crippen LogP contribution in [0.15, 0.2) is 22.7 Å². The lowest BCUT2D eigenvalue weighted by atomic mass is 10.00.